The molecule has 0 saturated carbocycles. The van der Waals surface area contributed by atoms with E-state index in [1.54, 1.807) is 0 Å². The van der Waals surface area contributed by atoms with E-state index in [1.807, 2.05) is 0 Å². The third-order valence-corrected chi connectivity index (χ3v) is 2.14. The predicted octanol–water partition coefficient (Wildman–Crippen LogP) is 1.53. The summed E-state index contributed by atoms with van der Waals surface area (Å²) in [6.07, 6.45) is 3.70. The molecule has 2 nitrogen and oxygen atoms in total. The quantitative estimate of drug-likeness (QED) is 0.418. The Morgan fingerprint density at radius 1 is 1.36 bits per heavy atom. The number of rotatable bonds is 7. The monoisotopic (exact) mass is 270 g/mol. The zero-order valence-corrected chi connectivity index (χ0v) is 9.43. The minimum atomic E-state index is 0.801. The third-order valence-electron chi connectivity index (χ3n) is 1.51. The zero-order valence-electron chi connectivity index (χ0n) is 7.28. The van der Waals surface area contributed by atoms with E-state index >= 15 is 0 Å². The van der Waals surface area contributed by atoms with Gasteiger partial charge in [-0.2, -0.15) is 0 Å². The topological polar surface area (TPSA) is 38.0 Å². The highest BCUT2D eigenvalue weighted by Crippen LogP contribution is 2.05. The first-order valence-corrected chi connectivity index (χ1v) is 5.56. The van der Waals surface area contributed by atoms with Gasteiger partial charge in [0.2, 0.25) is 0 Å². The van der Waals surface area contributed by atoms with E-state index in [0.717, 1.165) is 30.0 Å². The molecule has 0 aromatic carbocycles. The van der Waals surface area contributed by atoms with Crippen LogP contribution in [0.2, 0.25) is 0 Å². The van der Waals surface area contributed by atoms with Gasteiger partial charge >= 0.3 is 0 Å². The smallest absolute Gasteiger partial charge is 0.00818 e. The first kappa shape index (κ1) is 11.6. The Kier molecular flexibility index (Phi) is 9.26. The molecule has 3 heteroatoms. The molecule has 0 aliphatic rings. The Balaban J connectivity index is 2.80. The van der Waals surface area contributed by atoms with E-state index in [4.69, 9.17) is 5.73 Å². The average molecular weight is 270 g/mol. The molecule has 0 aromatic rings. The molecular weight excluding hydrogens is 251 g/mol. The van der Waals surface area contributed by atoms with Gasteiger partial charge in [0, 0.05) is 3.92 Å². The lowest BCUT2D eigenvalue weighted by molar-refractivity contribution is 0.610. The highest BCUT2D eigenvalue weighted by Gasteiger charge is 1.93. The summed E-state index contributed by atoms with van der Waals surface area (Å²) >= 11 is 2.46. The summed E-state index contributed by atoms with van der Waals surface area (Å²) in [6.45, 7) is 5.27. The second-order valence-electron chi connectivity index (χ2n) is 2.82. The average Bonchev–Trinajstić information content (AvgIpc) is 1.96. The van der Waals surface area contributed by atoms with Crippen LogP contribution in [-0.4, -0.2) is 23.6 Å². The van der Waals surface area contributed by atoms with Gasteiger partial charge in [0.25, 0.3) is 0 Å². The second kappa shape index (κ2) is 8.74. The van der Waals surface area contributed by atoms with Crippen LogP contribution in [0.15, 0.2) is 0 Å². The van der Waals surface area contributed by atoms with Crippen LogP contribution in [0.4, 0.5) is 0 Å². The van der Waals surface area contributed by atoms with Crippen LogP contribution in [0, 0.1) is 0 Å². The third kappa shape index (κ3) is 10.7. The zero-order chi connectivity index (χ0) is 8.53. The summed E-state index contributed by atoms with van der Waals surface area (Å²) in [5.41, 5.74) is 5.35. The van der Waals surface area contributed by atoms with E-state index in [-0.39, 0.29) is 0 Å². The normalized spacial score (nSPS) is 13.4. The van der Waals surface area contributed by atoms with Crippen molar-refractivity contribution < 1.29 is 0 Å². The van der Waals surface area contributed by atoms with Crippen molar-refractivity contribution in [3.63, 3.8) is 0 Å². The van der Waals surface area contributed by atoms with Crippen LogP contribution in [0.5, 0.6) is 0 Å². The SMILES string of the molecule is CC(I)CCCNCCCN. The minimum absolute atomic E-state index is 0.801. The van der Waals surface area contributed by atoms with E-state index in [2.05, 4.69) is 34.8 Å². The van der Waals surface area contributed by atoms with E-state index in [9.17, 15) is 0 Å². The van der Waals surface area contributed by atoms with Crippen LogP contribution in [-0.2, 0) is 0 Å². The molecule has 0 aliphatic heterocycles. The molecule has 0 amide bonds. The summed E-state index contributed by atoms with van der Waals surface area (Å²) < 4.78 is 0.809. The fourth-order valence-corrected chi connectivity index (χ4v) is 1.30. The highest BCUT2D eigenvalue weighted by atomic mass is 127. The Hall–Kier alpha value is 0.650. The molecule has 1 unspecified atom stereocenters. The minimum Gasteiger partial charge on any atom is -0.330 e. The van der Waals surface area contributed by atoms with Crippen LogP contribution in [0.1, 0.15) is 26.2 Å². The van der Waals surface area contributed by atoms with Crippen molar-refractivity contribution >= 4 is 22.6 Å². The van der Waals surface area contributed by atoms with Crippen LogP contribution in [0.3, 0.4) is 0 Å². The molecule has 0 aliphatic carbocycles. The Morgan fingerprint density at radius 2 is 2.00 bits per heavy atom. The summed E-state index contributed by atoms with van der Waals surface area (Å²) in [5.74, 6) is 0. The van der Waals surface area contributed by atoms with Crippen LogP contribution >= 0.6 is 22.6 Å². The summed E-state index contributed by atoms with van der Waals surface area (Å²) in [7, 11) is 0. The van der Waals surface area contributed by atoms with E-state index in [1.165, 1.54) is 12.8 Å². The lowest BCUT2D eigenvalue weighted by atomic mass is 10.2. The molecule has 0 rings (SSSR count). The molecule has 0 spiro atoms. The van der Waals surface area contributed by atoms with Crippen LogP contribution < -0.4 is 11.1 Å². The molecule has 3 N–H and O–H groups in total. The first-order valence-electron chi connectivity index (χ1n) is 4.32. The fourth-order valence-electron chi connectivity index (χ4n) is 0.860. The van der Waals surface area contributed by atoms with Gasteiger partial charge in [-0.05, 0) is 38.9 Å². The number of hydrogen-bond acceptors (Lipinski definition) is 2. The molecule has 11 heavy (non-hydrogen) atoms. The van der Waals surface area contributed by atoms with Crippen molar-refractivity contribution in [1.82, 2.24) is 5.32 Å². The number of nitrogens with one attached hydrogen (secondary N) is 1. The van der Waals surface area contributed by atoms with Gasteiger partial charge in [-0.25, -0.2) is 0 Å². The fraction of sp³-hybridized carbons (Fsp3) is 1.00. The first-order chi connectivity index (χ1) is 5.27. The number of nitrogens with two attached hydrogens (primary N) is 1. The second-order valence-corrected chi connectivity index (χ2v) is 4.94. The van der Waals surface area contributed by atoms with E-state index in [0.29, 0.717) is 0 Å². The van der Waals surface area contributed by atoms with E-state index < -0.39 is 0 Å². The van der Waals surface area contributed by atoms with Gasteiger partial charge in [-0.15, -0.1) is 0 Å². The molecule has 0 bridgehead atoms. The van der Waals surface area contributed by atoms with Crippen molar-refractivity contribution in [3.8, 4) is 0 Å². The van der Waals surface area contributed by atoms with Crippen molar-refractivity contribution in [2.24, 2.45) is 5.73 Å². The summed E-state index contributed by atoms with van der Waals surface area (Å²) in [6, 6.07) is 0. The van der Waals surface area contributed by atoms with Gasteiger partial charge in [0.15, 0.2) is 0 Å². The Labute approximate surface area is 83.4 Å². The molecule has 0 radical (unpaired) electrons. The molecule has 0 saturated heterocycles. The van der Waals surface area contributed by atoms with Crippen molar-refractivity contribution in [2.45, 2.75) is 30.1 Å². The maximum absolute atomic E-state index is 5.35. The largest absolute Gasteiger partial charge is 0.330 e. The standard InChI is InChI=1S/C8H19IN2/c1-8(9)4-2-6-11-7-3-5-10/h8,11H,2-7,10H2,1H3. The molecule has 68 valence electrons. The number of alkyl halides is 1. The van der Waals surface area contributed by atoms with Gasteiger partial charge < -0.3 is 11.1 Å². The maximum Gasteiger partial charge on any atom is 0.00818 e. The molecular formula is C8H19IN2. The lowest BCUT2D eigenvalue weighted by Crippen LogP contribution is -2.19. The van der Waals surface area contributed by atoms with Gasteiger partial charge in [0.05, 0.1) is 0 Å². The highest BCUT2D eigenvalue weighted by molar-refractivity contribution is 14.1. The van der Waals surface area contributed by atoms with Gasteiger partial charge in [-0.1, -0.05) is 29.5 Å². The van der Waals surface area contributed by atoms with Crippen molar-refractivity contribution in [2.75, 3.05) is 19.6 Å². The van der Waals surface area contributed by atoms with Gasteiger partial charge in [-0.3, -0.25) is 0 Å². The summed E-state index contributed by atoms with van der Waals surface area (Å²) in [5, 5.41) is 3.36. The number of halogens is 1. The number of hydrogen-bond donors (Lipinski definition) is 2. The molecule has 1 atom stereocenters. The molecule has 0 heterocycles. The van der Waals surface area contributed by atoms with Crippen molar-refractivity contribution in [1.29, 1.82) is 0 Å². The maximum atomic E-state index is 5.35. The predicted molar refractivity (Wildman–Crippen MR) is 59.3 cm³/mol. The Morgan fingerprint density at radius 3 is 2.55 bits per heavy atom. The van der Waals surface area contributed by atoms with Crippen LogP contribution in [0.25, 0.3) is 0 Å². The molecule has 0 fully saturated rings. The van der Waals surface area contributed by atoms with Gasteiger partial charge in [0.1, 0.15) is 0 Å². The summed E-state index contributed by atoms with van der Waals surface area (Å²) in [4.78, 5) is 0. The Bertz CT molecular complexity index is 76.5. The molecule has 0 aromatic heterocycles. The van der Waals surface area contributed by atoms with Crippen molar-refractivity contribution in [3.05, 3.63) is 0 Å². The lowest BCUT2D eigenvalue weighted by Gasteiger charge is -2.04.